The number of hydrogen-bond donors (Lipinski definition) is 0. The van der Waals surface area contributed by atoms with Gasteiger partial charge in [-0.25, -0.2) is 0 Å². The van der Waals surface area contributed by atoms with E-state index in [0.717, 1.165) is 25.7 Å². The Hall–Kier alpha value is -1.45. The van der Waals surface area contributed by atoms with Gasteiger partial charge in [-0.2, -0.15) is 0 Å². The van der Waals surface area contributed by atoms with Crippen LogP contribution in [0.2, 0.25) is 0 Å². The first kappa shape index (κ1) is 19.8. The smallest absolute Gasteiger partial charge is 0.303 e. The zero-order valence-electron chi connectivity index (χ0n) is 17.9. The summed E-state index contributed by atoms with van der Waals surface area (Å²) >= 11 is 0. The Morgan fingerprint density at radius 2 is 1.86 bits per heavy atom. The van der Waals surface area contributed by atoms with Crippen LogP contribution in [-0.4, -0.2) is 23.1 Å². The van der Waals surface area contributed by atoms with E-state index in [2.05, 4.69) is 20.8 Å². The molecule has 154 valence electrons. The van der Waals surface area contributed by atoms with Crippen LogP contribution in [0.25, 0.3) is 0 Å². The van der Waals surface area contributed by atoms with Gasteiger partial charge in [-0.05, 0) is 80.6 Å². The molecular formula is C24H34O4. The Labute approximate surface area is 168 Å². The summed E-state index contributed by atoms with van der Waals surface area (Å²) in [4.78, 5) is 36.9. The Bertz CT molecular complexity index is 752. The summed E-state index contributed by atoms with van der Waals surface area (Å²) in [6.45, 7) is 9.76. The highest BCUT2D eigenvalue weighted by molar-refractivity contribution is 5.91. The fourth-order valence-electron chi connectivity index (χ4n) is 8.11. The van der Waals surface area contributed by atoms with E-state index < -0.39 is 5.60 Å². The zero-order chi connectivity index (χ0) is 20.4. The van der Waals surface area contributed by atoms with Crippen molar-refractivity contribution in [3.8, 4) is 0 Å². The number of ketones is 2. The van der Waals surface area contributed by atoms with Crippen LogP contribution in [0, 0.1) is 40.9 Å². The predicted octanol–water partition coefficient (Wildman–Crippen LogP) is 4.51. The van der Waals surface area contributed by atoms with Crippen LogP contribution in [0.15, 0.2) is 11.6 Å². The molecule has 3 fully saturated rings. The Morgan fingerprint density at radius 1 is 1.14 bits per heavy atom. The van der Waals surface area contributed by atoms with Gasteiger partial charge in [-0.15, -0.1) is 0 Å². The normalized spacial score (nSPS) is 47.5. The third-order valence-corrected chi connectivity index (χ3v) is 8.94. The molecule has 0 unspecified atom stereocenters. The summed E-state index contributed by atoms with van der Waals surface area (Å²) in [6, 6.07) is 0. The molecule has 4 heteroatoms. The molecule has 0 aliphatic heterocycles. The minimum atomic E-state index is -0.976. The second kappa shape index (κ2) is 6.53. The summed E-state index contributed by atoms with van der Waals surface area (Å²) in [5.41, 5.74) is 0.108. The second-order valence-corrected chi connectivity index (χ2v) is 10.4. The average molecular weight is 387 g/mol. The summed E-state index contributed by atoms with van der Waals surface area (Å²) in [5, 5.41) is 0. The number of ether oxygens (including phenoxy) is 1. The number of allylic oxidation sites excluding steroid dienone is 1. The van der Waals surface area contributed by atoms with Crippen LogP contribution in [0.5, 0.6) is 0 Å². The molecule has 0 spiro atoms. The first-order valence-electron chi connectivity index (χ1n) is 11.1. The topological polar surface area (TPSA) is 60.4 Å². The standard InChI is InChI=1S/C24H34O4/c1-13-10-21-19(18-7-6-17(27)11-20(13)18)8-9-23(5)22(21)14(2)12-24(23,15(3)25)28-16(4)26/h11,13-14,18-19,21-22H,6-10,12H2,1-5H3/t13-,14-,18-,19-,21-,22+,23+,24+/m1/s1. The monoisotopic (exact) mass is 386 g/mol. The molecule has 0 aromatic rings. The molecule has 4 aliphatic rings. The van der Waals surface area contributed by atoms with Crippen LogP contribution in [-0.2, 0) is 19.1 Å². The van der Waals surface area contributed by atoms with E-state index in [1.165, 1.54) is 12.5 Å². The minimum absolute atomic E-state index is 0.00528. The van der Waals surface area contributed by atoms with Crippen molar-refractivity contribution in [2.24, 2.45) is 40.9 Å². The maximum absolute atomic E-state index is 12.9. The van der Waals surface area contributed by atoms with Gasteiger partial charge in [-0.1, -0.05) is 26.3 Å². The highest BCUT2D eigenvalue weighted by atomic mass is 16.6. The highest BCUT2D eigenvalue weighted by Crippen LogP contribution is 2.68. The molecule has 0 saturated heterocycles. The van der Waals surface area contributed by atoms with Gasteiger partial charge in [0.05, 0.1) is 0 Å². The van der Waals surface area contributed by atoms with Crippen molar-refractivity contribution in [2.45, 2.75) is 78.7 Å². The number of Topliss-reactive ketones (excluding diaryl/α,β-unsaturated/α-hetero) is 1. The molecule has 0 N–H and O–H groups in total. The molecule has 0 radical (unpaired) electrons. The van der Waals surface area contributed by atoms with E-state index in [4.69, 9.17) is 4.74 Å². The lowest BCUT2D eigenvalue weighted by molar-refractivity contribution is -0.186. The molecule has 0 bridgehead atoms. The van der Waals surface area contributed by atoms with Gasteiger partial charge in [0, 0.05) is 18.8 Å². The number of carbonyl (C=O) groups excluding carboxylic acids is 3. The maximum atomic E-state index is 12.9. The molecule has 3 saturated carbocycles. The zero-order valence-corrected chi connectivity index (χ0v) is 17.9. The van der Waals surface area contributed by atoms with Crippen LogP contribution in [0.4, 0.5) is 0 Å². The SMILES string of the molecule is CC(=O)O[C@]1(C(C)=O)C[C@@H](C)[C@H]2[C@@H]3C[C@@H](C)C4=CC(=O)CC[C@@H]4[C@H]3CC[C@@]21C. The van der Waals surface area contributed by atoms with E-state index in [9.17, 15) is 14.4 Å². The van der Waals surface area contributed by atoms with Crippen molar-refractivity contribution in [1.82, 2.24) is 0 Å². The van der Waals surface area contributed by atoms with Crippen molar-refractivity contribution in [2.75, 3.05) is 0 Å². The van der Waals surface area contributed by atoms with Gasteiger partial charge in [0.1, 0.15) is 0 Å². The van der Waals surface area contributed by atoms with E-state index in [0.29, 0.717) is 48.3 Å². The molecule has 0 heterocycles. The van der Waals surface area contributed by atoms with Crippen LogP contribution < -0.4 is 0 Å². The van der Waals surface area contributed by atoms with Gasteiger partial charge >= 0.3 is 5.97 Å². The van der Waals surface area contributed by atoms with Crippen LogP contribution in [0.3, 0.4) is 0 Å². The van der Waals surface area contributed by atoms with E-state index >= 15 is 0 Å². The van der Waals surface area contributed by atoms with Gasteiger partial charge in [0.15, 0.2) is 17.2 Å². The maximum Gasteiger partial charge on any atom is 0.303 e. The lowest BCUT2D eigenvalue weighted by Gasteiger charge is -2.57. The summed E-state index contributed by atoms with van der Waals surface area (Å²) < 4.78 is 5.89. The Kier molecular flexibility index (Phi) is 4.63. The molecule has 4 aliphatic carbocycles. The highest BCUT2D eigenvalue weighted by Gasteiger charge is 2.69. The molecular weight excluding hydrogens is 352 g/mol. The van der Waals surface area contributed by atoms with Gasteiger partial charge < -0.3 is 4.74 Å². The molecule has 0 aromatic carbocycles. The molecule has 28 heavy (non-hydrogen) atoms. The van der Waals surface area contributed by atoms with Crippen LogP contribution in [0.1, 0.15) is 73.1 Å². The number of rotatable bonds is 2. The summed E-state index contributed by atoms with van der Waals surface area (Å²) in [6.07, 6.45) is 7.30. The van der Waals surface area contributed by atoms with Crippen LogP contribution >= 0.6 is 0 Å². The quantitative estimate of drug-likeness (QED) is 0.655. The molecule has 0 amide bonds. The van der Waals surface area contributed by atoms with Gasteiger partial charge in [-0.3, -0.25) is 14.4 Å². The largest absolute Gasteiger partial charge is 0.451 e. The Morgan fingerprint density at radius 3 is 2.50 bits per heavy atom. The van der Waals surface area contributed by atoms with Crippen molar-refractivity contribution >= 4 is 17.5 Å². The number of carbonyl (C=O) groups is 3. The lowest BCUT2D eigenvalue weighted by atomic mass is 9.48. The molecule has 4 nitrogen and oxygen atoms in total. The van der Waals surface area contributed by atoms with Crippen molar-refractivity contribution in [3.05, 3.63) is 11.6 Å². The molecule has 8 atom stereocenters. The van der Waals surface area contributed by atoms with E-state index in [1.54, 1.807) is 6.92 Å². The third-order valence-electron chi connectivity index (χ3n) is 8.94. The molecule has 4 rings (SSSR count). The third kappa shape index (κ3) is 2.59. The minimum Gasteiger partial charge on any atom is -0.451 e. The van der Waals surface area contributed by atoms with Gasteiger partial charge in [0.2, 0.25) is 0 Å². The lowest BCUT2D eigenvalue weighted by Crippen LogP contribution is -2.58. The second-order valence-electron chi connectivity index (χ2n) is 10.4. The fraction of sp³-hybridized carbons (Fsp3) is 0.792. The molecule has 0 aromatic heterocycles. The number of hydrogen-bond acceptors (Lipinski definition) is 4. The number of fused-ring (bicyclic) bond motifs is 5. The first-order valence-corrected chi connectivity index (χ1v) is 11.1. The Balaban J connectivity index is 1.74. The van der Waals surface area contributed by atoms with E-state index in [-0.39, 0.29) is 23.0 Å². The van der Waals surface area contributed by atoms with E-state index in [1.807, 2.05) is 6.08 Å². The van der Waals surface area contributed by atoms with Gasteiger partial charge in [0.25, 0.3) is 0 Å². The summed E-state index contributed by atoms with van der Waals surface area (Å²) in [5.74, 6) is 2.75. The summed E-state index contributed by atoms with van der Waals surface area (Å²) in [7, 11) is 0. The first-order chi connectivity index (χ1) is 13.1. The number of esters is 1. The predicted molar refractivity (Wildman–Crippen MR) is 106 cm³/mol. The van der Waals surface area contributed by atoms with Crippen molar-refractivity contribution < 1.29 is 19.1 Å². The van der Waals surface area contributed by atoms with Crippen molar-refractivity contribution in [1.29, 1.82) is 0 Å². The van der Waals surface area contributed by atoms with Crippen molar-refractivity contribution in [3.63, 3.8) is 0 Å². The average Bonchev–Trinajstić information content (AvgIpc) is 2.83. The fourth-order valence-corrected chi connectivity index (χ4v) is 8.11.